The van der Waals surface area contributed by atoms with E-state index in [2.05, 4.69) is 15.3 Å². The van der Waals surface area contributed by atoms with Gasteiger partial charge in [0.1, 0.15) is 5.02 Å². The molecule has 0 aliphatic carbocycles. The largest absolute Gasteiger partial charge is 0.483 e. The van der Waals surface area contributed by atoms with E-state index in [0.29, 0.717) is 29.6 Å². The lowest BCUT2D eigenvalue weighted by atomic mass is 10.3. The summed E-state index contributed by atoms with van der Waals surface area (Å²) in [7, 11) is 3.78. The van der Waals surface area contributed by atoms with Gasteiger partial charge in [0.05, 0.1) is 11.8 Å². The summed E-state index contributed by atoms with van der Waals surface area (Å²) in [6.45, 7) is 2.17. The molecule has 1 heterocycles. The number of nitrogens with zero attached hydrogens (tertiary/aromatic N) is 3. The van der Waals surface area contributed by atoms with Crippen LogP contribution in [0.25, 0.3) is 0 Å². The summed E-state index contributed by atoms with van der Waals surface area (Å²) in [4.78, 5) is 26.5. The molecule has 0 amide bonds. The van der Waals surface area contributed by atoms with Gasteiger partial charge >= 0.3 is 0 Å². The van der Waals surface area contributed by atoms with Gasteiger partial charge in [-0.15, -0.1) is 0 Å². The summed E-state index contributed by atoms with van der Waals surface area (Å²) >= 11 is 6.02. The molecule has 0 aliphatic rings. The summed E-state index contributed by atoms with van der Waals surface area (Å²) in [6, 6.07) is 0. The maximum atomic E-state index is 9.69. The first-order chi connectivity index (χ1) is 10.7. The molecule has 11 heteroatoms. The average Bonchev–Trinajstić information content (AvgIpc) is 2.42. The molecule has 0 aliphatic heterocycles. The number of likely N-dealkylation sites (N-methyl/N-ethyl adjacent to an activating group) is 1. The van der Waals surface area contributed by atoms with Crippen LogP contribution < -0.4 is 11.1 Å². The van der Waals surface area contributed by atoms with Crippen LogP contribution in [-0.2, 0) is 9.59 Å². The maximum Gasteiger partial charge on any atom is 0.290 e. The van der Waals surface area contributed by atoms with Crippen molar-refractivity contribution < 1.29 is 24.9 Å². The van der Waals surface area contributed by atoms with Crippen molar-refractivity contribution >= 4 is 36.3 Å². The van der Waals surface area contributed by atoms with Gasteiger partial charge in [-0.1, -0.05) is 11.6 Å². The third-order valence-corrected chi connectivity index (χ3v) is 2.57. The van der Waals surface area contributed by atoms with Crippen molar-refractivity contribution in [1.82, 2.24) is 14.9 Å². The molecule has 0 spiro atoms. The Bertz CT molecular complexity index is 469. The smallest absolute Gasteiger partial charge is 0.290 e. The molecule has 0 radical (unpaired) electrons. The van der Waals surface area contributed by atoms with Crippen LogP contribution in [0.5, 0.6) is 0 Å². The minimum atomic E-state index is -0.502. The van der Waals surface area contributed by atoms with Crippen LogP contribution in [-0.4, -0.2) is 76.4 Å². The van der Waals surface area contributed by atoms with E-state index < -0.39 is 6.10 Å². The van der Waals surface area contributed by atoms with Gasteiger partial charge < -0.3 is 31.3 Å². The van der Waals surface area contributed by atoms with Crippen LogP contribution in [0, 0.1) is 6.92 Å². The van der Waals surface area contributed by atoms with E-state index in [-0.39, 0.29) is 18.9 Å². The van der Waals surface area contributed by atoms with Crippen molar-refractivity contribution in [2.24, 2.45) is 0 Å². The van der Waals surface area contributed by atoms with E-state index in [0.717, 1.165) is 0 Å². The molecule has 132 valence electrons. The van der Waals surface area contributed by atoms with Gasteiger partial charge in [0.2, 0.25) is 5.95 Å². The summed E-state index contributed by atoms with van der Waals surface area (Å²) < 4.78 is 0. The molecule has 23 heavy (non-hydrogen) atoms. The van der Waals surface area contributed by atoms with Crippen LogP contribution in [0.4, 0.5) is 11.8 Å². The zero-order chi connectivity index (χ0) is 18.4. The summed E-state index contributed by atoms with van der Waals surface area (Å²) in [6.07, 6.45) is -0.502. The molecule has 0 saturated heterocycles. The molecular weight excluding hydrogens is 330 g/mol. The number of nitrogen functional groups attached to an aromatic ring is 1. The van der Waals surface area contributed by atoms with Gasteiger partial charge in [-0.05, 0) is 21.0 Å². The second-order valence-electron chi connectivity index (χ2n) is 4.34. The normalized spacial score (nSPS) is 10.5. The predicted molar refractivity (Wildman–Crippen MR) is 86.6 cm³/mol. The molecule has 0 fully saturated rings. The van der Waals surface area contributed by atoms with Crippen LogP contribution in [0.15, 0.2) is 0 Å². The Morgan fingerprint density at radius 1 is 1.30 bits per heavy atom. The zero-order valence-corrected chi connectivity index (χ0v) is 13.9. The van der Waals surface area contributed by atoms with Crippen molar-refractivity contribution in [3.05, 3.63) is 10.7 Å². The molecule has 1 rings (SSSR count). The lowest BCUT2D eigenvalue weighted by Crippen LogP contribution is -2.31. The number of hydrogen-bond donors (Lipinski definition) is 5. The van der Waals surface area contributed by atoms with E-state index in [9.17, 15) is 5.11 Å². The summed E-state index contributed by atoms with van der Waals surface area (Å²) in [5.41, 5.74) is 6.14. The summed E-state index contributed by atoms with van der Waals surface area (Å²) in [5, 5.41) is 26.9. The van der Waals surface area contributed by atoms with Crippen molar-refractivity contribution in [3.8, 4) is 0 Å². The first-order valence-corrected chi connectivity index (χ1v) is 6.63. The highest BCUT2D eigenvalue weighted by Gasteiger charge is 2.10. The van der Waals surface area contributed by atoms with Crippen LogP contribution >= 0.6 is 11.6 Å². The number of hydrogen-bond acceptors (Lipinski definition) is 8. The highest BCUT2D eigenvalue weighted by atomic mass is 35.5. The standard InChI is InChI=1S/C10H18ClN5O.2CH2O2/c1-6-8(11)9(15-10(12)14-6)13-4-7(17)5-16(2)3;2*2-1-3/h7,17H,4-5H2,1-3H3,(H3,12,13,14,15);2*1H,(H,2,3). The van der Waals surface area contributed by atoms with Crippen LogP contribution in [0.1, 0.15) is 5.69 Å². The molecular formula is C12H22ClN5O5. The minimum Gasteiger partial charge on any atom is -0.483 e. The molecule has 1 atom stereocenters. The van der Waals surface area contributed by atoms with E-state index in [4.69, 9.17) is 37.1 Å². The number of aliphatic hydroxyl groups is 1. The second-order valence-corrected chi connectivity index (χ2v) is 4.72. The third-order valence-electron chi connectivity index (χ3n) is 2.12. The van der Waals surface area contributed by atoms with Crippen LogP contribution in [0.3, 0.4) is 0 Å². The molecule has 0 bridgehead atoms. The van der Waals surface area contributed by atoms with E-state index >= 15 is 0 Å². The Kier molecular flexibility index (Phi) is 13.5. The zero-order valence-electron chi connectivity index (χ0n) is 13.1. The molecule has 6 N–H and O–H groups in total. The lowest BCUT2D eigenvalue weighted by molar-refractivity contribution is -0.123. The number of rotatable bonds is 5. The maximum absolute atomic E-state index is 9.69. The fourth-order valence-electron chi connectivity index (χ4n) is 1.40. The van der Waals surface area contributed by atoms with E-state index in [1.165, 1.54) is 0 Å². The van der Waals surface area contributed by atoms with Gasteiger partial charge in [-0.2, -0.15) is 4.98 Å². The van der Waals surface area contributed by atoms with Crippen molar-refractivity contribution in [1.29, 1.82) is 0 Å². The minimum absolute atomic E-state index is 0.163. The van der Waals surface area contributed by atoms with Gasteiger partial charge in [0, 0.05) is 13.1 Å². The van der Waals surface area contributed by atoms with Gasteiger partial charge in [0.15, 0.2) is 5.82 Å². The molecule has 1 unspecified atom stereocenters. The number of nitrogens with one attached hydrogen (secondary N) is 1. The van der Waals surface area contributed by atoms with Crippen molar-refractivity contribution in [2.75, 3.05) is 38.2 Å². The summed E-state index contributed by atoms with van der Waals surface area (Å²) in [5.74, 6) is 0.617. The number of aryl methyl sites for hydroxylation is 1. The monoisotopic (exact) mass is 351 g/mol. The van der Waals surface area contributed by atoms with Crippen LogP contribution in [0.2, 0.25) is 5.02 Å². The number of anilines is 2. The first-order valence-electron chi connectivity index (χ1n) is 6.25. The highest BCUT2D eigenvalue weighted by Crippen LogP contribution is 2.22. The number of nitrogens with two attached hydrogens (primary N) is 1. The Labute approximate surface area is 138 Å². The number of aromatic nitrogens is 2. The number of aliphatic hydroxyl groups excluding tert-OH is 1. The SMILES string of the molecule is Cc1nc(N)nc(NCC(O)CN(C)C)c1Cl.O=CO.O=CO. The predicted octanol–water partition coefficient (Wildman–Crippen LogP) is -0.243. The van der Waals surface area contributed by atoms with Gasteiger partial charge in [-0.3, -0.25) is 9.59 Å². The molecule has 10 nitrogen and oxygen atoms in total. The van der Waals surface area contributed by atoms with Gasteiger partial charge in [0.25, 0.3) is 12.9 Å². The number of carboxylic acid groups (broad SMARTS) is 2. The van der Waals surface area contributed by atoms with Gasteiger partial charge in [-0.25, -0.2) is 4.98 Å². The highest BCUT2D eigenvalue weighted by molar-refractivity contribution is 6.33. The Balaban J connectivity index is 0. The molecule has 0 saturated carbocycles. The van der Waals surface area contributed by atoms with E-state index in [1.807, 2.05) is 19.0 Å². The Morgan fingerprint density at radius 3 is 2.22 bits per heavy atom. The number of halogens is 1. The molecule has 1 aromatic rings. The molecule has 1 aromatic heterocycles. The second kappa shape index (κ2) is 13.5. The molecule has 0 aromatic carbocycles. The number of carbonyl (C=O) groups is 2. The Hall–Kier alpha value is -2.17. The topological polar surface area (TPSA) is 162 Å². The average molecular weight is 352 g/mol. The van der Waals surface area contributed by atoms with Crippen molar-refractivity contribution in [3.63, 3.8) is 0 Å². The Morgan fingerprint density at radius 2 is 1.78 bits per heavy atom. The third kappa shape index (κ3) is 12.1. The first kappa shape index (κ1) is 23.1. The fourth-order valence-corrected chi connectivity index (χ4v) is 1.55. The lowest BCUT2D eigenvalue weighted by Gasteiger charge is -2.17. The fraction of sp³-hybridized carbons (Fsp3) is 0.500. The van der Waals surface area contributed by atoms with Crippen molar-refractivity contribution in [2.45, 2.75) is 13.0 Å². The van der Waals surface area contributed by atoms with E-state index in [1.54, 1.807) is 6.92 Å². The quantitative estimate of drug-likeness (QED) is 0.447.